The number of ether oxygens (including phenoxy) is 2. The van der Waals surface area contributed by atoms with E-state index in [-0.39, 0.29) is 53.8 Å². The van der Waals surface area contributed by atoms with E-state index in [4.69, 9.17) is 9.47 Å². The predicted octanol–water partition coefficient (Wildman–Crippen LogP) is 3.70. The summed E-state index contributed by atoms with van der Waals surface area (Å²) < 4.78 is 62.5. The molecule has 5 rings (SSSR count). The second-order valence-electron chi connectivity index (χ2n) is 8.30. The van der Waals surface area contributed by atoms with Crippen molar-refractivity contribution < 1.29 is 36.6 Å². The van der Waals surface area contributed by atoms with Crippen LogP contribution in [0, 0.1) is 28.7 Å². The third-order valence-electron chi connectivity index (χ3n) is 5.67. The zero-order valence-electron chi connectivity index (χ0n) is 16.4. The molecule has 0 radical (unpaired) electrons. The molecule has 0 atom stereocenters. The quantitative estimate of drug-likeness (QED) is 0.608. The highest BCUT2D eigenvalue weighted by atomic mass is 19.2. The molecule has 1 N–H and O–H groups in total. The fourth-order valence-electron chi connectivity index (χ4n) is 4.57. The van der Waals surface area contributed by atoms with Gasteiger partial charge in [-0.25, -0.2) is 17.6 Å². The zero-order chi connectivity index (χ0) is 22.2. The van der Waals surface area contributed by atoms with Crippen LogP contribution in [-0.2, 0) is 9.59 Å². The molecule has 3 saturated carbocycles. The molecular formula is C22H19F4NO4. The van der Waals surface area contributed by atoms with E-state index in [0.717, 1.165) is 24.3 Å². The van der Waals surface area contributed by atoms with Gasteiger partial charge in [0, 0.05) is 24.1 Å². The average Bonchev–Trinajstić information content (AvgIpc) is 2.67. The average molecular weight is 437 g/mol. The summed E-state index contributed by atoms with van der Waals surface area (Å²) in [4.78, 5) is 24.3. The number of nitrogens with one attached hydrogen (secondary N) is 1. The summed E-state index contributed by atoms with van der Waals surface area (Å²) in [6.45, 7) is -0.574. The second-order valence-corrected chi connectivity index (χ2v) is 8.30. The van der Waals surface area contributed by atoms with Crippen LogP contribution in [0.2, 0.25) is 0 Å². The van der Waals surface area contributed by atoms with E-state index in [2.05, 4.69) is 5.32 Å². The van der Waals surface area contributed by atoms with Gasteiger partial charge in [0.2, 0.25) is 0 Å². The number of carbonyl (C=O) groups is 2. The van der Waals surface area contributed by atoms with Gasteiger partial charge in [-0.1, -0.05) is 0 Å². The van der Waals surface area contributed by atoms with Crippen molar-refractivity contribution in [3.05, 3.63) is 59.7 Å². The summed E-state index contributed by atoms with van der Waals surface area (Å²) in [5.41, 5.74) is -0.543. The smallest absolute Gasteiger partial charge is 0.258 e. The lowest BCUT2D eigenvalue weighted by atomic mass is 9.38. The Morgan fingerprint density at radius 3 is 1.84 bits per heavy atom. The minimum atomic E-state index is -1.06. The molecule has 0 unspecified atom stereocenters. The van der Waals surface area contributed by atoms with Crippen molar-refractivity contribution in [2.45, 2.75) is 31.2 Å². The van der Waals surface area contributed by atoms with E-state index in [0.29, 0.717) is 19.3 Å². The SMILES string of the molecule is O=C(COc1ccc(F)c(F)c1)CC12CC(NC(=O)COc3ccc(F)c(F)c3)(C1)C2. The minimum Gasteiger partial charge on any atom is -0.486 e. The Morgan fingerprint density at radius 1 is 0.806 bits per heavy atom. The molecule has 0 aromatic heterocycles. The standard InChI is InChI=1S/C22H19F4NO4/c23-16-3-1-14(5-18(16)25)30-8-13(28)7-21-10-22(11-21,12-21)27-20(29)9-31-15-2-4-17(24)19(26)6-15/h1-6H,7-12H2,(H,27,29). The van der Waals surface area contributed by atoms with E-state index in [1.54, 1.807) is 0 Å². The second kappa shape index (κ2) is 7.86. The van der Waals surface area contributed by atoms with Crippen molar-refractivity contribution in [3.8, 4) is 11.5 Å². The van der Waals surface area contributed by atoms with Crippen LogP contribution in [0.3, 0.4) is 0 Å². The summed E-state index contributed by atoms with van der Waals surface area (Å²) in [5, 5.41) is 2.87. The first-order chi connectivity index (χ1) is 14.7. The van der Waals surface area contributed by atoms with Crippen LogP contribution >= 0.6 is 0 Å². The third kappa shape index (κ3) is 4.50. The Balaban J connectivity index is 1.17. The van der Waals surface area contributed by atoms with Crippen LogP contribution in [-0.4, -0.2) is 30.4 Å². The van der Waals surface area contributed by atoms with Gasteiger partial charge in [0.1, 0.15) is 18.1 Å². The molecule has 0 aliphatic heterocycles. The lowest BCUT2D eigenvalue weighted by Crippen LogP contribution is -2.75. The molecule has 1 amide bonds. The van der Waals surface area contributed by atoms with Gasteiger partial charge in [0.25, 0.3) is 5.91 Å². The molecule has 0 heterocycles. The van der Waals surface area contributed by atoms with E-state index < -0.39 is 23.3 Å². The molecule has 0 saturated heterocycles. The van der Waals surface area contributed by atoms with Gasteiger partial charge < -0.3 is 14.8 Å². The highest BCUT2D eigenvalue weighted by Crippen LogP contribution is 2.68. The first kappa shape index (κ1) is 21.1. The van der Waals surface area contributed by atoms with Crippen LogP contribution in [0.4, 0.5) is 17.6 Å². The molecule has 164 valence electrons. The number of benzene rings is 2. The topological polar surface area (TPSA) is 64.6 Å². The molecular weight excluding hydrogens is 418 g/mol. The molecule has 2 bridgehead atoms. The predicted molar refractivity (Wildman–Crippen MR) is 100 cm³/mol. The van der Waals surface area contributed by atoms with Crippen LogP contribution in [0.15, 0.2) is 36.4 Å². The Morgan fingerprint density at radius 2 is 1.32 bits per heavy atom. The summed E-state index contributed by atoms with van der Waals surface area (Å²) in [5.74, 6) is -4.51. The maximum atomic E-state index is 13.2. The van der Waals surface area contributed by atoms with Gasteiger partial charge in [0.05, 0.1) is 0 Å². The largest absolute Gasteiger partial charge is 0.486 e. The number of amides is 1. The number of rotatable bonds is 9. The van der Waals surface area contributed by atoms with Gasteiger partial charge >= 0.3 is 0 Å². The number of hydrogen-bond acceptors (Lipinski definition) is 4. The van der Waals surface area contributed by atoms with Crippen LogP contribution in [0.5, 0.6) is 11.5 Å². The fourth-order valence-corrected chi connectivity index (χ4v) is 4.57. The minimum absolute atomic E-state index is 0.0507. The van der Waals surface area contributed by atoms with Gasteiger partial charge in [-0.3, -0.25) is 9.59 Å². The highest BCUT2D eigenvalue weighted by molar-refractivity contribution is 5.82. The summed E-state index contributed by atoms with van der Waals surface area (Å²) in [6, 6.07) is 6.08. The Kier molecular flexibility index (Phi) is 5.36. The maximum absolute atomic E-state index is 13.2. The van der Waals surface area contributed by atoms with Crippen LogP contribution in [0.1, 0.15) is 25.7 Å². The van der Waals surface area contributed by atoms with Crippen molar-refractivity contribution in [1.82, 2.24) is 5.32 Å². The Hall–Kier alpha value is -3.10. The maximum Gasteiger partial charge on any atom is 0.258 e. The van der Waals surface area contributed by atoms with Crippen molar-refractivity contribution >= 4 is 11.7 Å². The number of carbonyl (C=O) groups excluding carboxylic acids is 2. The lowest BCUT2D eigenvalue weighted by molar-refractivity contribution is -0.173. The van der Waals surface area contributed by atoms with Gasteiger partial charge in [-0.15, -0.1) is 0 Å². The first-order valence-corrected chi connectivity index (χ1v) is 9.66. The van der Waals surface area contributed by atoms with Crippen LogP contribution in [0.25, 0.3) is 0 Å². The summed E-state index contributed by atoms with van der Waals surface area (Å²) in [6.07, 6.45) is 2.22. The third-order valence-corrected chi connectivity index (χ3v) is 5.67. The van der Waals surface area contributed by atoms with Crippen molar-refractivity contribution in [2.75, 3.05) is 13.2 Å². The lowest BCUT2D eigenvalue weighted by Gasteiger charge is -2.70. The first-order valence-electron chi connectivity index (χ1n) is 9.66. The van der Waals surface area contributed by atoms with Gasteiger partial charge in [-0.05, 0) is 48.9 Å². The molecule has 3 fully saturated rings. The summed E-state index contributed by atoms with van der Waals surface area (Å²) in [7, 11) is 0. The van der Waals surface area contributed by atoms with Crippen molar-refractivity contribution in [3.63, 3.8) is 0 Å². The van der Waals surface area contributed by atoms with Crippen LogP contribution < -0.4 is 14.8 Å². The Labute approximate surface area is 175 Å². The van der Waals surface area contributed by atoms with E-state index in [1.165, 1.54) is 12.1 Å². The van der Waals surface area contributed by atoms with Gasteiger partial charge in [0.15, 0.2) is 35.7 Å². The van der Waals surface area contributed by atoms with E-state index >= 15 is 0 Å². The molecule has 3 aliphatic carbocycles. The molecule has 3 aliphatic rings. The zero-order valence-corrected chi connectivity index (χ0v) is 16.4. The number of hydrogen-bond donors (Lipinski definition) is 1. The van der Waals surface area contributed by atoms with E-state index in [9.17, 15) is 27.2 Å². The van der Waals surface area contributed by atoms with E-state index in [1.807, 2.05) is 0 Å². The molecule has 2 aromatic rings. The molecule has 9 heteroatoms. The molecule has 5 nitrogen and oxygen atoms in total. The fraction of sp³-hybridized carbons (Fsp3) is 0.364. The van der Waals surface area contributed by atoms with Crippen molar-refractivity contribution in [1.29, 1.82) is 0 Å². The molecule has 31 heavy (non-hydrogen) atoms. The van der Waals surface area contributed by atoms with Crippen molar-refractivity contribution in [2.24, 2.45) is 5.41 Å². The Bertz CT molecular complexity index is 943. The van der Waals surface area contributed by atoms with Gasteiger partial charge in [-0.2, -0.15) is 0 Å². The number of halogens is 4. The highest BCUT2D eigenvalue weighted by Gasteiger charge is 2.68. The number of ketones is 1. The normalized spacial score (nSPS) is 23.4. The molecule has 2 aromatic carbocycles. The summed E-state index contributed by atoms with van der Waals surface area (Å²) >= 11 is 0. The molecule has 0 spiro atoms. The monoisotopic (exact) mass is 437 g/mol. The number of Topliss-reactive ketones (excluding diaryl/α,β-unsaturated/α-hetero) is 1.